The van der Waals surface area contributed by atoms with E-state index in [2.05, 4.69) is 12.2 Å². The van der Waals surface area contributed by atoms with Gasteiger partial charge in [0.25, 0.3) is 0 Å². The van der Waals surface area contributed by atoms with Gasteiger partial charge in [-0.05, 0) is 36.8 Å². The summed E-state index contributed by atoms with van der Waals surface area (Å²) in [7, 11) is 1.45. The van der Waals surface area contributed by atoms with Crippen LogP contribution in [0.5, 0.6) is 0 Å². The van der Waals surface area contributed by atoms with Crippen molar-refractivity contribution in [1.29, 1.82) is 0 Å². The average molecular weight is 261 g/mol. The number of ether oxygens (including phenoxy) is 1. The third kappa shape index (κ3) is 4.06. The molecule has 19 heavy (non-hydrogen) atoms. The molecule has 0 aromatic heterocycles. The summed E-state index contributed by atoms with van der Waals surface area (Å²) in [5, 5.41) is 3.42. The first-order valence-electron chi connectivity index (χ1n) is 7.06. The number of carbonyl (C=O) groups excluding carboxylic acids is 1. The number of hydrogen-bond acceptors (Lipinski definition) is 3. The first-order valence-corrected chi connectivity index (χ1v) is 7.06. The Morgan fingerprint density at radius 3 is 2.58 bits per heavy atom. The smallest absolute Gasteiger partial charge is 0.314 e. The summed E-state index contributed by atoms with van der Waals surface area (Å²) in [5.41, 5.74) is 1.01. The third-order valence-electron chi connectivity index (χ3n) is 3.93. The molecule has 1 aromatic carbocycles. The largest absolute Gasteiger partial charge is 0.469 e. The van der Waals surface area contributed by atoms with Crippen LogP contribution >= 0.6 is 0 Å². The molecule has 2 unspecified atom stereocenters. The summed E-state index contributed by atoms with van der Waals surface area (Å²) in [6, 6.07) is 9.83. The molecule has 1 aromatic rings. The van der Waals surface area contributed by atoms with Crippen LogP contribution in [-0.4, -0.2) is 26.2 Å². The summed E-state index contributed by atoms with van der Waals surface area (Å²) in [5.74, 6) is 1.21. The van der Waals surface area contributed by atoms with Gasteiger partial charge >= 0.3 is 5.97 Å². The minimum Gasteiger partial charge on any atom is -0.469 e. The van der Waals surface area contributed by atoms with Gasteiger partial charge in [0, 0.05) is 6.54 Å². The highest BCUT2D eigenvalue weighted by Crippen LogP contribution is 2.36. The maximum atomic E-state index is 11.9. The van der Waals surface area contributed by atoms with E-state index in [9.17, 15) is 4.79 Å². The van der Waals surface area contributed by atoms with Gasteiger partial charge in [-0.25, -0.2) is 0 Å². The Bertz CT molecular complexity index is 400. The maximum absolute atomic E-state index is 11.9. The zero-order valence-corrected chi connectivity index (χ0v) is 11.8. The summed E-state index contributed by atoms with van der Waals surface area (Å²) < 4.78 is 4.91. The molecule has 1 saturated carbocycles. The number of nitrogens with one attached hydrogen (secondary N) is 1. The van der Waals surface area contributed by atoms with E-state index in [1.807, 2.05) is 30.3 Å². The standard InChI is InChI=1S/C16H23NO2/c1-12(13-8-9-13)10-17-11-15(16(18)19-2)14-6-4-3-5-7-14/h3-7,12-13,15,17H,8-11H2,1-2H3. The highest BCUT2D eigenvalue weighted by Gasteiger charge is 2.28. The molecule has 1 aliphatic carbocycles. The average Bonchev–Trinajstić information content (AvgIpc) is 3.28. The Labute approximate surface area is 115 Å². The van der Waals surface area contributed by atoms with Gasteiger partial charge in [-0.2, -0.15) is 0 Å². The van der Waals surface area contributed by atoms with Crippen LogP contribution < -0.4 is 5.32 Å². The fourth-order valence-electron chi connectivity index (χ4n) is 2.45. The van der Waals surface area contributed by atoms with Crippen LogP contribution in [0.25, 0.3) is 0 Å². The molecule has 0 amide bonds. The fraction of sp³-hybridized carbons (Fsp3) is 0.562. The zero-order valence-electron chi connectivity index (χ0n) is 11.8. The lowest BCUT2D eigenvalue weighted by Crippen LogP contribution is -2.31. The van der Waals surface area contributed by atoms with Crippen LogP contribution in [0.15, 0.2) is 30.3 Å². The Balaban J connectivity index is 1.89. The van der Waals surface area contributed by atoms with Crippen molar-refractivity contribution in [2.45, 2.75) is 25.7 Å². The highest BCUT2D eigenvalue weighted by molar-refractivity contribution is 5.78. The van der Waals surface area contributed by atoms with Crippen molar-refractivity contribution in [2.75, 3.05) is 20.2 Å². The number of methoxy groups -OCH3 is 1. The summed E-state index contributed by atoms with van der Waals surface area (Å²) >= 11 is 0. The van der Waals surface area contributed by atoms with Crippen LogP contribution in [0.1, 0.15) is 31.2 Å². The van der Waals surface area contributed by atoms with E-state index >= 15 is 0 Å². The van der Waals surface area contributed by atoms with E-state index in [4.69, 9.17) is 4.74 Å². The highest BCUT2D eigenvalue weighted by atomic mass is 16.5. The number of rotatable bonds is 7. The van der Waals surface area contributed by atoms with Gasteiger partial charge in [0.2, 0.25) is 0 Å². The van der Waals surface area contributed by atoms with Crippen molar-refractivity contribution in [3.63, 3.8) is 0 Å². The van der Waals surface area contributed by atoms with Crippen LogP contribution in [0.4, 0.5) is 0 Å². The number of hydrogen-bond donors (Lipinski definition) is 1. The molecule has 1 fully saturated rings. The molecule has 0 aliphatic heterocycles. The molecular formula is C16H23NO2. The topological polar surface area (TPSA) is 38.3 Å². The van der Waals surface area contributed by atoms with Gasteiger partial charge in [0.15, 0.2) is 0 Å². The van der Waals surface area contributed by atoms with Crippen molar-refractivity contribution < 1.29 is 9.53 Å². The minimum absolute atomic E-state index is 0.169. The molecule has 0 saturated heterocycles. The van der Waals surface area contributed by atoms with Crippen molar-refractivity contribution in [3.8, 4) is 0 Å². The minimum atomic E-state index is -0.211. The van der Waals surface area contributed by atoms with Gasteiger partial charge in [0.05, 0.1) is 13.0 Å². The van der Waals surface area contributed by atoms with Crippen molar-refractivity contribution in [3.05, 3.63) is 35.9 Å². The van der Waals surface area contributed by atoms with E-state index in [-0.39, 0.29) is 11.9 Å². The van der Waals surface area contributed by atoms with Crippen LogP contribution in [0.2, 0.25) is 0 Å². The first-order chi connectivity index (χ1) is 9.22. The molecule has 2 rings (SSSR count). The third-order valence-corrected chi connectivity index (χ3v) is 3.93. The summed E-state index contributed by atoms with van der Waals surface area (Å²) in [6.07, 6.45) is 2.73. The van der Waals surface area contributed by atoms with Crippen LogP contribution in [0.3, 0.4) is 0 Å². The lowest BCUT2D eigenvalue weighted by atomic mass is 9.98. The fourth-order valence-corrected chi connectivity index (χ4v) is 2.45. The lowest BCUT2D eigenvalue weighted by molar-refractivity contribution is -0.142. The second-order valence-electron chi connectivity index (χ2n) is 5.46. The Morgan fingerprint density at radius 2 is 2.00 bits per heavy atom. The number of benzene rings is 1. The summed E-state index contributed by atoms with van der Waals surface area (Å²) in [4.78, 5) is 11.9. The van der Waals surface area contributed by atoms with E-state index in [0.29, 0.717) is 12.5 Å². The van der Waals surface area contributed by atoms with Crippen LogP contribution in [-0.2, 0) is 9.53 Å². The quantitative estimate of drug-likeness (QED) is 0.767. The first kappa shape index (κ1) is 14.1. The molecular weight excluding hydrogens is 238 g/mol. The van der Waals surface area contributed by atoms with Crippen molar-refractivity contribution >= 4 is 5.97 Å². The molecule has 1 N–H and O–H groups in total. The Morgan fingerprint density at radius 1 is 1.32 bits per heavy atom. The van der Waals surface area contributed by atoms with Crippen LogP contribution in [0, 0.1) is 11.8 Å². The van der Waals surface area contributed by atoms with Gasteiger partial charge in [-0.3, -0.25) is 4.79 Å². The molecule has 3 nitrogen and oxygen atoms in total. The molecule has 0 radical (unpaired) electrons. The summed E-state index contributed by atoms with van der Waals surface area (Å²) in [6.45, 7) is 3.90. The van der Waals surface area contributed by atoms with E-state index < -0.39 is 0 Å². The normalized spacial score (nSPS) is 17.8. The van der Waals surface area contributed by atoms with Gasteiger partial charge in [0.1, 0.15) is 0 Å². The predicted molar refractivity (Wildman–Crippen MR) is 76.0 cm³/mol. The lowest BCUT2D eigenvalue weighted by Gasteiger charge is -2.17. The predicted octanol–water partition coefficient (Wildman–Crippen LogP) is 2.58. The molecule has 2 atom stereocenters. The molecule has 0 bridgehead atoms. The van der Waals surface area contributed by atoms with E-state index in [1.54, 1.807) is 0 Å². The Hall–Kier alpha value is -1.35. The van der Waals surface area contributed by atoms with E-state index in [1.165, 1.54) is 20.0 Å². The van der Waals surface area contributed by atoms with E-state index in [0.717, 1.165) is 18.0 Å². The van der Waals surface area contributed by atoms with Gasteiger partial charge in [-0.1, -0.05) is 37.3 Å². The SMILES string of the molecule is COC(=O)C(CNCC(C)C1CC1)c1ccccc1. The Kier molecular flexibility index (Phi) is 4.97. The second-order valence-corrected chi connectivity index (χ2v) is 5.46. The number of esters is 1. The number of carbonyl (C=O) groups is 1. The zero-order chi connectivity index (χ0) is 13.7. The molecule has 1 aliphatic rings. The molecule has 0 heterocycles. The van der Waals surface area contributed by atoms with Gasteiger partial charge < -0.3 is 10.1 Å². The molecule has 3 heteroatoms. The van der Waals surface area contributed by atoms with Crippen molar-refractivity contribution in [2.24, 2.45) is 11.8 Å². The monoisotopic (exact) mass is 261 g/mol. The second kappa shape index (κ2) is 6.71. The van der Waals surface area contributed by atoms with Crippen molar-refractivity contribution in [1.82, 2.24) is 5.32 Å². The molecule has 0 spiro atoms. The maximum Gasteiger partial charge on any atom is 0.314 e. The van der Waals surface area contributed by atoms with Gasteiger partial charge in [-0.15, -0.1) is 0 Å². The molecule has 104 valence electrons.